The Labute approximate surface area is 136 Å². The Morgan fingerprint density at radius 3 is 2.83 bits per heavy atom. The molecule has 0 fully saturated rings. The van der Waals surface area contributed by atoms with E-state index in [9.17, 15) is 9.18 Å². The number of aromatic carboxylic acids is 1. The Kier molecular flexibility index (Phi) is 3.95. The quantitative estimate of drug-likeness (QED) is 0.762. The molecule has 122 valence electrons. The maximum atomic E-state index is 14.5. The summed E-state index contributed by atoms with van der Waals surface area (Å²) in [5.74, 6) is -2.24. The number of aryl methyl sites for hydroxylation is 1. The van der Waals surface area contributed by atoms with Crippen LogP contribution in [0.3, 0.4) is 0 Å². The molecule has 0 aliphatic heterocycles. The minimum absolute atomic E-state index is 0.00960. The normalized spacial score (nSPS) is 10.8. The molecule has 2 aromatic heterocycles. The van der Waals surface area contributed by atoms with Crippen molar-refractivity contribution in [3.8, 4) is 22.5 Å². The van der Waals surface area contributed by atoms with Crippen LogP contribution in [0.5, 0.6) is 0 Å². The Balaban J connectivity index is 2.13. The standard InChI is InChI=1S/C16H14FN5O2/c1-2-22-8-9(6-20-22)12-7-19-15(18)14(21-12)10-4-3-5-11(13(10)17)16(23)24/h3-8H,2H2,1H3,(H2,18,19)(H,23,24). The zero-order valence-electron chi connectivity index (χ0n) is 12.8. The molecule has 3 N–H and O–H groups in total. The van der Waals surface area contributed by atoms with E-state index in [-0.39, 0.29) is 17.1 Å². The van der Waals surface area contributed by atoms with Crippen molar-refractivity contribution >= 4 is 11.8 Å². The van der Waals surface area contributed by atoms with Crippen LogP contribution in [0, 0.1) is 5.82 Å². The van der Waals surface area contributed by atoms with Crippen molar-refractivity contribution in [1.29, 1.82) is 0 Å². The first-order valence-corrected chi connectivity index (χ1v) is 7.18. The van der Waals surface area contributed by atoms with Gasteiger partial charge in [-0.05, 0) is 19.1 Å². The van der Waals surface area contributed by atoms with Crippen molar-refractivity contribution in [3.05, 3.63) is 48.2 Å². The molecule has 3 rings (SSSR count). The Morgan fingerprint density at radius 2 is 2.17 bits per heavy atom. The minimum atomic E-state index is -1.36. The van der Waals surface area contributed by atoms with Gasteiger partial charge in [-0.2, -0.15) is 5.10 Å². The molecule has 8 heteroatoms. The molecule has 2 heterocycles. The highest BCUT2D eigenvalue weighted by molar-refractivity contribution is 5.90. The van der Waals surface area contributed by atoms with Crippen molar-refractivity contribution in [1.82, 2.24) is 19.7 Å². The largest absolute Gasteiger partial charge is 0.478 e. The van der Waals surface area contributed by atoms with Crippen molar-refractivity contribution in [2.45, 2.75) is 13.5 Å². The zero-order chi connectivity index (χ0) is 17.3. The number of aromatic nitrogens is 4. The Bertz CT molecular complexity index is 923. The van der Waals surface area contributed by atoms with Crippen LogP contribution >= 0.6 is 0 Å². The number of benzene rings is 1. The SMILES string of the molecule is CCn1cc(-c2cnc(N)c(-c3cccc(C(=O)O)c3F)n2)cn1. The molecule has 0 aliphatic carbocycles. The highest BCUT2D eigenvalue weighted by Gasteiger charge is 2.19. The maximum Gasteiger partial charge on any atom is 0.338 e. The molecular formula is C16H14FN5O2. The number of nitrogen functional groups attached to an aromatic ring is 1. The Hall–Kier alpha value is -3.29. The van der Waals surface area contributed by atoms with Crippen molar-refractivity contribution in [3.63, 3.8) is 0 Å². The smallest absolute Gasteiger partial charge is 0.338 e. The third-order valence-corrected chi connectivity index (χ3v) is 3.54. The maximum absolute atomic E-state index is 14.5. The highest BCUT2D eigenvalue weighted by atomic mass is 19.1. The van der Waals surface area contributed by atoms with E-state index in [1.54, 1.807) is 17.1 Å². The van der Waals surface area contributed by atoms with Gasteiger partial charge < -0.3 is 10.8 Å². The zero-order valence-corrected chi connectivity index (χ0v) is 12.8. The van der Waals surface area contributed by atoms with E-state index < -0.39 is 17.3 Å². The fraction of sp³-hybridized carbons (Fsp3) is 0.125. The van der Waals surface area contributed by atoms with Gasteiger partial charge in [-0.1, -0.05) is 6.07 Å². The molecule has 0 saturated heterocycles. The lowest BCUT2D eigenvalue weighted by atomic mass is 10.1. The van der Waals surface area contributed by atoms with Crippen LogP contribution in [-0.4, -0.2) is 30.8 Å². The van der Waals surface area contributed by atoms with Gasteiger partial charge in [0.25, 0.3) is 0 Å². The van der Waals surface area contributed by atoms with Gasteiger partial charge in [0.2, 0.25) is 0 Å². The molecule has 0 saturated carbocycles. The summed E-state index contributed by atoms with van der Waals surface area (Å²) in [5, 5.41) is 13.2. The minimum Gasteiger partial charge on any atom is -0.478 e. The number of nitrogens with zero attached hydrogens (tertiary/aromatic N) is 4. The predicted molar refractivity (Wildman–Crippen MR) is 85.7 cm³/mol. The van der Waals surface area contributed by atoms with Crippen molar-refractivity contribution < 1.29 is 14.3 Å². The lowest BCUT2D eigenvalue weighted by Gasteiger charge is -2.08. The number of nitrogens with two attached hydrogens (primary N) is 1. The molecule has 0 bridgehead atoms. The van der Waals surface area contributed by atoms with Crippen LogP contribution in [0.15, 0.2) is 36.8 Å². The molecular weight excluding hydrogens is 313 g/mol. The summed E-state index contributed by atoms with van der Waals surface area (Å²) in [7, 11) is 0. The van der Waals surface area contributed by atoms with Crippen LogP contribution in [0.4, 0.5) is 10.2 Å². The third kappa shape index (κ3) is 2.69. The van der Waals surface area contributed by atoms with E-state index >= 15 is 0 Å². The first-order chi connectivity index (χ1) is 11.5. The van der Waals surface area contributed by atoms with Crippen LogP contribution in [0.25, 0.3) is 22.5 Å². The first-order valence-electron chi connectivity index (χ1n) is 7.18. The monoisotopic (exact) mass is 327 g/mol. The molecule has 0 atom stereocenters. The summed E-state index contributed by atoms with van der Waals surface area (Å²) in [4.78, 5) is 19.5. The van der Waals surface area contributed by atoms with Crippen LogP contribution in [-0.2, 0) is 6.54 Å². The number of carboxylic acid groups (broad SMARTS) is 1. The summed E-state index contributed by atoms with van der Waals surface area (Å²) in [5.41, 5.74) is 6.64. The van der Waals surface area contributed by atoms with Gasteiger partial charge in [0, 0.05) is 23.9 Å². The van der Waals surface area contributed by atoms with Gasteiger partial charge in [-0.3, -0.25) is 4.68 Å². The van der Waals surface area contributed by atoms with E-state index in [4.69, 9.17) is 10.8 Å². The van der Waals surface area contributed by atoms with Gasteiger partial charge in [0.15, 0.2) is 0 Å². The fourth-order valence-corrected chi connectivity index (χ4v) is 2.28. The third-order valence-electron chi connectivity index (χ3n) is 3.54. The summed E-state index contributed by atoms with van der Waals surface area (Å²) >= 11 is 0. The van der Waals surface area contributed by atoms with Gasteiger partial charge >= 0.3 is 5.97 Å². The second kappa shape index (κ2) is 6.07. The molecule has 0 unspecified atom stereocenters. The molecule has 0 radical (unpaired) electrons. The molecule has 7 nitrogen and oxygen atoms in total. The second-order valence-electron chi connectivity index (χ2n) is 5.05. The molecule has 3 aromatic rings. The van der Waals surface area contributed by atoms with Crippen LogP contribution < -0.4 is 5.73 Å². The number of anilines is 1. The van der Waals surface area contributed by atoms with E-state index in [0.717, 1.165) is 0 Å². The van der Waals surface area contributed by atoms with E-state index in [2.05, 4.69) is 15.1 Å². The average Bonchev–Trinajstić information content (AvgIpc) is 3.04. The first kappa shape index (κ1) is 15.6. The number of rotatable bonds is 4. The predicted octanol–water partition coefficient (Wildman–Crippen LogP) is 2.45. The van der Waals surface area contributed by atoms with Gasteiger partial charge in [0.05, 0.1) is 23.7 Å². The van der Waals surface area contributed by atoms with E-state index in [1.807, 2.05) is 6.92 Å². The molecule has 1 aromatic carbocycles. The van der Waals surface area contributed by atoms with Crippen molar-refractivity contribution in [2.24, 2.45) is 0 Å². The van der Waals surface area contributed by atoms with E-state index in [1.165, 1.54) is 24.4 Å². The summed E-state index contributed by atoms with van der Waals surface area (Å²) in [6.07, 6.45) is 4.88. The lowest BCUT2D eigenvalue weighted by Crippen LogP contribution is -2.05. The van der Waals surface area contributed by atoms with Gasteiger partial charge in [-0.15, -0.1) is 0 Å². The van der Waals surface area contributed by atoms with Crippen molar-refractivity contribution in [2.75, 3.05) is 5.73 Å². The number of halogens is 1. The van der Waals surface area contributed by atoms with Gasteiger partial charge in [0.1, 0.15) is 17.3 Å². The summed E-state index contributed by atoms with van der Waals surface area (Å²) < 4.78 is 16.2. The number of carbonyl (C=O) groups is 1. The van der Waals surface area contributed by atoms with E-state index in [0.29, 0.717) is 17.8 Å². The molecule has 0 amide bonds. The number of carboxylic acids is 1. The summed E-state index contributed by atoms with van der Waals surface area (Å²) in [6, 6.07) is 4.03. The van der Waals surface area contributed by atoms with Crippen LogP contribution in [0.2, 0.25) is 0 Å². The Morgan fingerprint density at radius 1 is 1.38 bits per heavy atom. The molecule has 0 spiro atoms. The molecule has 0 aliphatic rings. The van der Waals surface area contributed by atoms with Crippen LogP contribution in [0.1, 0.15) is 17.3 Å². The number of hydrogen-bond donors (Lipinski definition) is 2. The summed E-state index contributed by atoms with van der Waals surface area (Å²) in [6.45, 7) is 2.65. The second-order valence-corrected chi connectivity index (χ2v) is 5.05. The average molecular weight is 327 g/mol. The van der Waals surface area contributed by atoms with Gasteiger partial charge in [-0.25, -0.2) is 19.2 Å². The number of hydrogen-bond acceptors (Lipinski definition) is 5. The molecule has 24 heavy (non-hydrogen) atoms. The highest BCUT2D eigenvalue weighted by Crippen LogP contribution is 2.29. The topological polar surface area (TPSA) is 107 Å². The fourth-order valence-electron chi connectivity index (χ4n) is 2.28. The lowest BCUT2D eigenvalue weighted by molar-refractivity contribution is 0.0692.